The van der Waals surface area contributed by atoms with Gasteiger partial charge in [0.25, 0.3) is 0 Å². The van der Waals surface area contributed by atoms with Crippen molar-refractivity contribution in [3.8, 4) is 28.2 Å². The van der Waals surface area contributed by atoms with Crippen molar-refractivity contribution in [1.82, 2.24) is 14.5 Å². The molecule has 0 bridgehead atoms. The lowest BCUT2D eigenvalue weighted by Gasteiger charge is -2.25. The summed E-state index contributed by atoms with van der Waals surface area (Å²) < 4.78 is 9.16. The lowest BCUT2D eigenvalue weighted by atomic mass is 9.86. The normalized spacial score (nSPS) is 12.4. The van der Waals surface area contributed by atoms with Crippen LogP contribution in [0.1, 0.15) is 77.0 Å². The topological polar surface area (TPSA) is 43.9 Å². The molecule has 0 atom stereocenters. The van der Waals surface area contributed by atoms with Crippen molar-refractivity contribution in [3.05, 3.63) is 114 Å². The maximum absolute atomic E-state index is 6.77. The van der Waals surface area contributed by atoms with Gasteiger partial charge in [-0.3, -0.25) is 4.57 Å². The number of nitrogens with zero attached hydrogens (tertiary/aromatic N) is 3. The number of rotatable bonds is 5. The van der Waals surface area contributed by atoms with Crippen molar-refractivity contribution < 1.29 is 4.42 Å². The highest BCUT2D eigenvalue weighted by atomic mass is 16.3. The molecular weight excluding hydrogens is 538 g/mol. The lowest BCUT2D eigenvalue weighted by molar-refractivity contribution is 0.593. The third-order valence-corrected chi connectivity index (χ3v) is 8.77. The first kappa shape index (κ1) is 28.1. The zero-order valence-electron chi connectivity index (χ0n) is 26.6. The molecule has 4 aromatic carbocycles. The minimum atomic E-state index is -0.111. The van der Waals surface area contributed by atoms with Gasteiger partial charge in [0, 0.05) is 17.0 Å². The van der Waals surface area contributed by atoms with E-state index in [1.165, 1.54) is 27.9 Å². The number of pyridine rings is 1. The zero-order valence-corrected chi connectivity index (χ0v) is 26.6. The molecule has 0 amide bonds. The van der Waals surface area contributed by atoms with Gasteiger partial charge in [-0.25, -0.2) is 9.97 Å². The Morgan fingerprint density at radius 1 is 0.705 bits per heavy atom. The minimum absolute atomic E-state index is 0.111. The van der Waals surface area contributed by atoms with Crippen molar-refractivity contribution in [2.45, 2.75) is 65.7 Å². The van der Waals surface area contributed by atoms with E-state index in [0.29, 0.717) is 11.8 Å². The molecule has 0 N–H and O–H groups in total. The molecule has 44 heavy (non-hydrogen) atoms. The van der Waals surface area contributed by atoms with Gasteiger partial charge in [0.05, 0.1) is 16.8 Å². The molecule has 0 spiro atoms. The molecule has 0 aliphatic rings. The summed E-state index contributed by atoms with van der Waals surface area (Å²) in [5.41, 5.74) is 11.7. The lowest BCUT2D eigenvalue weighted by Crippen LogP contribution is -2.15. The number of aromatic nitrogens is 3. The quantitative estimate of drug-likeness (QED) is 0.204. The van der Waals surface area contributed by atoms with Gasteiger partial charge in [-0.1, -0.05) is 115 Å². The highest BCUT2D eigenvalue weighted by Crippen LogP contribution is 2.43. The van der Waals surface area contributed by atoms with Gasteiger partial charge in [0.15, 0.2) is 11.5 Å². The second-order valence-electron chi connectivity index (χ2n) is 13.5. The van der Waals surface area contributed by atoms with Gasteiger partial charge < -0.3 is 4.42 Å². The second-order valence-corrected chi connectivity index (χ2v) is 13.5. The van der Waals surface area contributed by atoms with Crippen LogP contribution < -0.4 is 0 Å². The Morgan fingerprint density at radius 2 is 1.41 bits per heavy atom. The number of furan rings is 1. The molecule has 0 aliphatic heterocycles. The fourth-order valence-corrected chi connectivity index (χ4v) is 6.56. The fraction of sp³-hybridized carbons (Fsp3) is 0.250. The summed E-state index contributed by atoms with van der Waals surface area (Å²) in [7, 11) is 0. The van der Waals surface area contributed by atoms with Crippen molar-refractivity contribution in [3.63, 3.8) is 0 Å². The van der Waals surface area contributed by atoms with Crippen LogP contribution in [-0.4, -0.2) is 14.5 Å². The molecule has 0 fully saturated rings. The van der Waals surface area contributed by atoms with Crippen molar-refractivity contribution >= 4 is 33.1 Å². The number of hydrogen-bond acceptors (Lipinski definition) is 3. The van der Waals surface area contributed by atoms with Crippen molar-refractivity contribution in [2.75, 3.05) is 0 Å². The summed E-state index contributed by atoms with van der Waals surface area (Å²) in [6, 6.07) is 32.3. The predicted molar refractivity (Wildman–Crippen MR) is 184 cm³/mol. The van der Waals surface area contributed by atoms with Crippen LogP contribution >= 0.6 is 0 Å². The van der Waals surface area contributed by atoms with E-state index >= 15 is 0 Å². The molecule has 3 aromatic heterocycles. The Morgan fingerprint density at radius 3 is 2.09 bits per heavy atom. The summed E-state index contributed by atoms with van der Waals surface area (Å²) in [5, 5.41) is 2.18. The average Bonchev–Trinajstić information content (AvgIpc) is 3.58. The van der Waals surface area contributed by atoms with Gasteiger partial charge in [-0.15, -0.1) is 0 Å². The summed E-state index contributed by atoms with van der Waals surface area (Å²) in [6.07, 6.45) is 1.90. The van der Waals surface area contributed by atoms with Gasteiger partial charge in [-0.05, 0) is 69.3 Å². The van der Waals surface area contributed by atoms with E-state index in [4.69, 9.17) is 14.4 Å². The standard InChI is InChI=1S/C40H39N3O/c1-24(2)28-15-11-16-29(25(3)4)35(28)43-36-33(40(5,6)7)21-22-41-38(36)42-39(43)32-18-12-17-31-30-20-19-27(23-34(30)44-37(31)32)26-13-9-8-10-14-26/h8-25H,1-7H3. The Labute approximate surface area is 259 Å². The summed E-state index contributed by atoms with van der Waals surface area (Å²) in [5.74, 6) is 1.50. The molecule has 7 aromatic rings. The van der Waals surface area contributed by atoms with Gasteiger partial charge >= 0.3 is 0 Å². The maximum Gasteiger partial charge on any atom is 0.178 e. The van der Waals surface area contributed by atoms with E-state index in [-0.39, 0.29) is 5.41 Å². The van der Waals surface area contributed by atoms with E-state index < -0.39 is 0 Å². The zero-order chi connectivity index (χ0) is 30.7. The highest BCUT2D eigenvalue weighted by molar-refractivity contribution is 6.10. The molecule has 220 valence electrons. The van der Waals surface area contributed by atoms with Crippen LogP contribution in [0.2, 0.25) is 0 Å². The maximum atomic E-state index is 6.77. The first-order chi connectivity index (χ1) is 21.1. The SMILES string of the molecule is CC(C)c1cccc(C(C)C)c1-n1c(-c2cccc3c2oc2cc(-c4ccccc4)ccc23)nc2nccc(C(C)(C)C)c21. The molecule has 0 radical (unpaired) electrons. The molecule has 4 nitrogen and oxygen atoms in total. The summed E-state index contributed by atoms with van der Waals surface area (Å²) in [6.45, 7) is 15.9. The van der Waals surface area contributed by atoms with Gasteiger partial charge in [-0.2, -0.15) is 0 Å². The third kappa shape index (κ3) is 4.52. The Balaban J connectivity index is 1.59. The minimum Gasteiger partial charge on any atom is -0.455 e. The molecule has 0 saturated carbocycles. The van der Waals surface area contributed by atoms with Crippen LogP contribution in [0.4, 0.5) is 0 Å². The number of para-hydroxylation sites is 2. The number of hydrogen-bond donors (Lipinski definition) is 0. The molecule has 4 heteroatoms. The van der Waals surface area contributed by atoms with Crippen LogP contribution in [0.25, 0.3) is 61.3 Å². The van der Waals surface area contributed by atoms with E-state index in [1.54, 1.807) is 0 Å². The van der Waals surface area contributed by atoms with Crippen molar-refractivity contribution in [2.24, 2.45) is 0 Å². The Bertz CT molecular complexity index is 2130. The van der Waals surface area contributed by atoms with Crippen LogP contribution in [0.3, 0.4) is 0 Å². The first-order valence-corrected chi connectivity index (χ1v) is 15.7. The number of fused-ring (bicyclic) bond motifs is 4. The summed E-state index contributed by atoms with van der Waals surface area (Å²) in [4.78, 5) is 10.2. The third-order valence-electron chi connectivity index (χ3n) is 8.77. The van der Waals surface area contributed by atoms with Crippen LogP contribution in [0, 0.1) is 0 Å². The van der Waals surface area contributed by atoms with Crippen LogP contribution in [0.15, 0.2) is 102 Å². The Hall–Kier alpha value is -4.70. The molecule has 3 heterocycles. The smallest absolute Gasteiger partial charge is 0.178 e. The number of imidazole rings is 1. The highest BCUT2D eigenvalue weighted by Gasteiger charge is 2.28. The molecular formula is C40H39N3O. The molecule has 0 saturated heterocycles. The Kier molecular flexibility index (Phi) is 6.69. The van der Waals surface area contributed by atoms with Crippen LogP contribution in [-0.2, 0) is 5.41 Å². The summed E-state index contributed by atoms with van der Waals surface area (Å²) >= 11 is 0. The van der Waals surface area contributed by atoms with Gasteiger partial charge in [0.1, 0.15) is 11.2 Å². The van der Waals surface area contributed by atoms with Crippen molar-refractivity contribution in [1.29, 1.82) is 0 Å². The molecule has 0 unspecified atom stereocenters. The van der Waals surface area contributed by atoms with Crippen LogP contribution in [0.5, 0.6) is 0 Å². The van der Waals surface area contributed by atoms with E-state index in [2.05, 4.69) is 138 Å². The second kappa shape index (κ2) is 10.5. The number of benzene rings is 4. The van der Waals surface area contributed by atoms with Gasteiger partial charge in [0.2, 0.25) is 0 Å². The monoisotopic (exact) mass is 577 g/mol. The van der Waals surface area contributed by atoms with E-state index in [9.17, 15) is 0 Å². The molecule has 0 aliphatic carbocycles. The van der Waals surface area contributed by atoms with E-state index in [1.807, 2.05) is 12.3 Å². The largest absolute Gasteiger partial charge is 0.455 e. The molecule has 7 rings (SSSR count). The predicted octanol–water partition coefficient (Wildman–Crippen LogP) is 11.2. The fourth-order valence-electron chi connectivity index (χ4n) is 6.56. The average molecular weight is 578 g/mol. The van der Waals surface area contributed by atoms with E-state index in [0.717, 1.165) is 50.1 Å². The first-order valence-electron chi connectivity index (χ1n) is 15.7.